The van der Waals surface area contributed by atoms with E-state index in [-0.39, 0.29) is 33.9 Å². The molecule has 0 atom stereocenters. The minimum absolute atomic E-state index is 0.0146. The fourth-order valence-electron chi connectivity index (χ4n) is 3.35. The van der Waals surface area contributed by atoms with Gasteiger partial charge in [0, 0.05) is 16.9 Å². The van der Waals surface area contributed by atoms with Crippen LogP contribution in [0.1, 0.15) is 23.1 Å². The number of thioether (sulfide) groups is 1. The Hall–Kier alpha value is -3.76. The van der Waals surface area contributed by atoms with Crippen LogP contribution in [-0.2, 0) is 20.4 Å². The molecule has 0 bridgehead atoms. The van der Waals surface area contributed by atoms with E-state index in [0.29, 0.717) is 22.1 Å². The molecule has 8 nitrogen and oxygen atoms in total. The van der Waals surface area contributed by atoms with Crippen LogP contribution in [0.3, 0.4) is 0 Å². The third-order valence-corrected chi connectivity index (χ3v) is 7.58. The van der Waals surface area contributed by atoms with E-state index in [1.165, 1.54) is 6.92 Å². The first-order valence-corrected chi connectivity index (χ1v) is 13.3. The van der Waals surface area contributed by atoms with Crippen LogP contribution in [0.25, 0.3) is 5.69 Å². The van der Waals surface area contributed by atoms with Gasteiger partial charge in [-0.2, -0.15) is 0 Å². The summed E-state index contributed by atoms with van der Waals surface area (Å²) in [7, 11) is -3.65. The van der Waals surface area contributed by atoms with E-state index in [4.69, 9.17) is 0 Å². The molecule has 0 aliphatic rings. The Kier molecular flexibility index (Phi) is 7.42. The summed E-state index contributed by atoms with van der Waals surface area (Å²) in [5, 5.41) is 11.5. The Bertz CT molecular complexity index is 1450. The fourth-order valence-corrected chi connectivity index (χ4v) is 5.38. The summed E-state index contributed by atoms with van der Waals surface area (Å²) in [6.45, 7) is 1.46. The molecule has 0 saturated carbocycles. The minimum atomic E-state index is -3.65. The average Bonchev–Trinajstić information content (AvgIpc) is 3.25. The number of nitrogens with zero attached hydrogens (tertiary/aromatic N) is 3. The molecule has 0 aliphatic carbocycles. The maximum Gasteiger partial charge on any atom is 0.234 e. The second-order valence-electron chi connectivity index (χ2n) is 7.62. The lowest BCUT2D eigenvalue weighted by Crippen LogP contribution is -2.15. The smallest absolute Gasteiger partial charge is 0.234 e. The predicted octanol–water partition coefficient (Wildman–Crippen LogP) is 4.17. The Morgan fingerprint density at radius 2 is 1.60 bits per heavy atom. The van der Waals surface area contributed by atoms with Crippen molar-refractivity contribution in [1.82, 2.24) is 14.8 Å². The number of nitrogens with one attached hydrogen (secondary N) is 1. The van der Waals surface area contributed by atoms with E-state index in [2.05, 4.69) is 15.5 Å². The number of sulfone groups is 1. The molecule has 1 amide bonds. The maximum absolute atomic E-state index is 13.0. The lowest BCUT2D eigenvalue weighted by atomic mass is 10.1. The zero-order valence-corrected chi connectivity index (χ0v) is 20.4. The van der Waals surface area contributed by atoms with Crippen molar-refractivity contribution in [3.63, 3.8) is 0 Å². The fraction of sp³-hybridized carbons (Fsp3) is 0.120. The van der Waals surface area contributed by atoms with Gasteiger partial charge in [-0.05, 0) is 43.3 Å². The predicted molar refractivity (Wildman–Crippen MR) is 134 cm³/mol. The Morgan fingerprint density at radius 1 is 0.914 bits per heavy atom. The summed E-state index contributed by atoms with van der Waals surface area (Å²) in [6, 6.07) is 24.0. The average molecular weight is 507 g/mol. The standard InChI is InChI=1S/C25H22N4O4S2/c1-18(30)19-9-8-10-20(15-19)26-24(31)16-34-25-28-27-23(29(25)21-11-4-2-5-12-21)17-35(32,33)22-13-6-3-7-14-22/h2-15H,16-17H2,1H3,(H,26,31). The minimum Gasteiger partial charge on any atom is -0.325 e. The molecule has 4 aromatic rings. The highest BCUT2D eigenvalue weighted by molar-refractivity contribution is 7.99. The molecular weight excluding hydrogens is 484 g/mol. The molecule has 1 aromatic heterocycles. The zero-order valence-electron chi connectivity index (χ0n) is 18.8. The Morgan fingerprint density at radius 3 is 2.29 bits per heavy atom. The van der Waals surface area contributed by atoms with Crippen molar-refractivity contribution in [2.45, 2.75) is 22.7 Å². The van der Waals surface area contributed by atoms with Gasteiger partial charge in [-0.15, -0.1) is 10.2 Å². The van der Waals surface area contributed by atoms with E-state index < -0.39 is 9.84 Å². The number of para-hydroxylation sites is 1. The van der Waals surface area contributed by atoms with Gasteiger partial charge < -0.3 is 5.32 Å². The van der Waals surface area contributed by atoms with Gasteiger partial charge in [-0.25, -0.2) is 8.42 Å². The first-order valence-electron chi connectivity index (χ1n) is 10.6. The van der Waals surface area contributed by atoms with Crippen LogP contribution in [0.4, 0.5) is 5.69 Å². The van der Waals surface area contributed by atoms with E-state index in [1.54, 1.807) is 59.2 Å². The second-order valence-corrected chi connectivity index (χ2v) is 10.5. The number of carbonyl (C=O) groups excluding carboxylic acids is 2. The summed E-state index contributed by atoms with van der Waals surface area (Å²) in [5.41, 5.74) is 1.71. The molecule has 1 N–H and O–H groups in total. The van der Waals surface area contributed by atoms with E-state index in [0.717, 1.165) is 11.8 Å². The molecule has 0 fully saturated rings. The molecule has 0 radical (unpaired) electrons. The SMILES string of the molecule is CC(=O)c1cccc(NC(=O)CSc2nnc(CS(=O)(=O)c3ccccc3)n2-c2ccccc2)c1. The number of hydrogen-bond acceptors (Lipinski definition) is 7. The third-order valence-electron chi connectivity index (χ3n) is 5.02. The first-order chi connectivity index (χ1) is 16.8. The summed E-state index contributed by atoms with van der Waals surface area (Å²) in [5.74, 6) is -0.470. The van der Waals surface area contributed by atoms with Gasteiger partial charge in [-0.3, -0.25) is 14.2 Å². The topological polar surface area (TPSA) is 111 Å². The normalized spacial score (nSPS) is 11.2. The molecule has 0 unspecified atom stereocenters. The van der Waals surface area contributed by atoms with Crippen molar-refractivity contribution in [2.75, 3.05) is 11.1 Å². The van der Waals surface area contributed by atoms with Crippen LogP contribution in [0.2, 0.25) is 0 Å². The van der Waals surface area contributed by atoms with Crippen LogP contribution < -0.4 is 5.32 Å². The number of hydrogen-bond donors (Lipinski definition) is 1. The summed E-state index contributed by atoms with van der Waals surface area (Å²) >= 11 is 1.14. The van der Waals surface area contributed by atoms with E-state index in [1.807, 2.05) is 30.3 Å². The quantitative estimate of drug-likeness (QED) is 0.268. The summed E-state index contributed by atoms with van der Waals surface area (Å²) in [6.07, 6.45) is 0. The van der Waals surface area contributed by atoms with Gasteiger partial charge in [-0.1, -0.05) is 60.3 Å². The van der Waals surface area contributed by atoms with E-state index >= 15 is 0 Å². The number of aromatic nitrogens is 3. The number of anilines is 1. The molecular formula is C25H22N4O4S2. The number of rotatable bonds is 9. The van der Waals surface area contributed by atoms with E-state index in [9.17, 15) is 18.0 Å². The molecule has 0 spiro atoms. The molecule has 4 rings (SSSR count). The highest BCUT2D eigenvalue weighted by Crippen LogP contribution is 2.25. The van der Waals surface area contributed by atoms with Crippen LogP contribution in [-0.4, -0.2) is 40.6 Å². The van der Waals surface area contributed by atoms with Crippen molar-refractivity contribution >= 4 is 39.0 Å². The monoisotopic (exact) mass is 506 g/mol. The molecule has 3 aromatic carbocycles. The number of amides is 1. The van der Waals surface area contributed by atoms with Gasteiger partial charge in [0.2, 0.25) is 5.91 Å². The molecule has 10 heteroatoms. The summed E-state index contributed by atoms with van der Waals surface area (Å²) < 4.78 is 27.6. The highest BCUT2D eigenvalue weighted by atomic mass is 32.2. The number of carbonyl (C=O) groups is 2. The zero-order chi connectivity index (χ0) is 24.8. The molecule has 0 saturated heterocycles. The van der Waals surface area contributed by atoms with Crippen molar-refractivity contribution < 1.29 is 18.0 Å². The van der Waals surface area contributed by atoms with Gasteiger partial charge >= 0.3 is 0 Å². The third kappa shape index (κ3) is 6.03. The van der Waals surface area contributed by atoms with Crippen LogP contribution >= 0.6 is 11.8 Å². The number of Topliss-reactive ketones (excluding diaryl/α,β-unsaturated/α-hetero) is 1. The van der Waals surface area contributed by atoms with Crippen LogP contribution in [0.15, 0.2) is 95.0 Å². The van der Waals surface area contributed by atoms with Crippen molar-refractivity contribution in [1.29, 1.82) is 0 Å². The van der Waals surface area contributed by atoms with Gasteiger partial charge in [0.25, 0.3) is 0 Å². The van der Waals surface area contributed by atoms with Crippen molar-refractivity contribution in [3.05, 3.63) is 96.3 Å². The first kappa shape index (κ1) is 24.4. The van der Waals surface area contributed by atoms with Crippen LogP contribution in [0, 0.1) is 0 Å². The second kappa shape index (κ2) is 10.7. The maximum atomic E-state index is 13.0. The van der Waals surface area contributed by atoms with Crippen LogP contribution in [0.5, 0.6) is 0 Å². The molecule has 35 heavy (non-hydrogen) atoms. The lowest BCUT2D eigenvalue weighted by Gasteiger charge is -2.11. The lowest BCUT2D eigenvalue weighted by molar-refractivity contribution is -0.113. The van der Waals surface area contributed by atoms with Gasteiger partial charge in [0.15, 0.2) is 26.6 Å². The Labute approximate surface area is 207 Å². The molecule has 178 valence electrons. The molecule has 1 heterocycles. The van der Waals surface area contributed by atoms with Crippen molar-refractivity contribution in [3.8, 4) is 5.69 Å². The van der Waals surface area contributed by atoms with Crippen molar-refractivity contribution in [2.24, 2.45) is 0 Å². The highest BCUT2D eigenvalue weighted by Gasteiger charge is 2.23. The van der Waals surface area contributed by atoms with Gasteiger partial charge in [0.05, 0.1) is 10.6 Å². The van der Waals surface area contributed by atoms with Gasteiger partial charge in [0.1, 0.15) is 5.75 Å². The Balaban J connectivity index is 1.55. The molecule has 0 aliphatic heterocycles. The largest absolute Gasteiger partial charge is 0.325 e. The number of benzene rings is 3. The number of ketones is 1. The summed E-state index contributed by atoms with van der Waals surface area (Å²) in [4.78, 5) is 24.3.